The summed E-state index contributed by atoms with van der Waals surface area (Å²) in [4.78, 5) is 35.9. The molecule has 1 aliphatic rings. The smallest absolute Gasteiger partial charge is 0.345 e. The molecule has 1 saturated heterocycles. The van der Waals surface area contributed by atoms with Crippen molar-refractivity contribution in [3.8, 4) is 0 Å². The first-order valence-corrected chi connectivity index (χ1v) is 7.65. The van der Waals surface area contributed by atoms with Crippen LogP contribution in [0.5, 0.6) is 0 Å². The second-order valence-corrected chi connectivity index (χ2v) is 6.02. The van der Waals surface area contributed by atoms with Gasteiger partial charge < -0.3 is 9.64 Å². The van der Waals surface area contributed by atoms with Crippen LogP contribution in [0.25, 0.3) is 0 Å². The molecule has 1 amide bonds. The van der Waals surface area contributed by atoms with Gasteiger partial charge in [0.1, 0.15) is 5.56 Å². The lowest BCUT2D eigenvalue weighted by atomic mass is 10.0. The van der Waals surface area contributed by atoms with Crippen molar-refractivity contribution in [3.63, 3.8) is 0 Å². The Morgan fingerprint density at radius 3 is 2.87 bits per heavy atom. The molecule has 0 spiro atoms. The molecule has 0 radical (unpaired) electrons. The minimum Gasteiger partial charge on any atom is -0.452 e. The van der Waals surface area contributed by atoms with Crippen molar-refractivity contribution in [2.45, 2.75) is 19.8 Å². The van der Waals surface area contributed by atoms with Crippen molar-refractivity contribution in [1.82, 2.24) is 4.90 Å². The highest BCUT2D eigenvalue weighted by atomic mass is 35.5. The summed E-state index contributed by atoms with van der Waals surface area (Å²) in [6, 6.07) is 3.65. The number of amides is 1. The van der Waals surface area contributed by atoms with Crippen molar-refractivity contribution < 1.29 is 19.2 Å². The zero-order valence-corrected chi connectivity index (χ0v) is 13.4. The van der Waals surface area contributed by atoms with Crippen LogP contribution in [0.1, 0.15) is 30.1 Å². The number of carbonyl (C=O) groups is 2. The standard InChI is InChI=1S/C15H17ClN2O5/c1-10-3-2-6-17(8-10)14(19)9-23-15(20)12-5-4-11(16)7-13(12)18(21)22/h4-5,7,10H,2-3,6,8-9H2,1H3/t10-/m1/s1. The van der Waals surface area contributed by atoms with E-state index in [0.29, 0.717) is 19.0 Å². The molecule has 0 unspecified atom stereocenters. The Morgan fingerprint density at radius 1 is 1.48 bits per heavy atom. The van der Waals surface area contributed by atoms with Gasteiger partial charge in [-0.3, -0.25) is 14.9 Å². The summed E-state index contributed by atoms with van der Waals surface area (Å²) in [5, 5.41) is 11.1. The van der Waals surface area contributed by atoms with E-state index >= 15 is 0 Å². The summed E-state index contributed by atoms with van der Waals surface area (Å²) in [5.74, 6) is -0.783. The highest BCUT2D eigenvalue weighted by Gasteiger charge is 2.25. The van der Waals surface area contributed by atoms with Crippen LogP contribution < -0.4 is 0 Å². The fraction of sp³-hybridized carbons (Fsp3) is 0.467. The van der Waals surface area contributed by atoms with Gasteiger partial charge in [0.2, 0.25) is 0 Å². The second-order valence-electron chi connectivity index (χ2n) is 5.58. The Hall–Kier alpha value is -2.15. The Bertz CT molecular complexity index is 634. The third-order valence-electron chi connectivity index (χ3n) is 3.71. The van der Waals surface area contributed by atoms with Crippen LogP contribution in [0, 0.1) is 16.0 Å². The summed E-state index contributed by atoms with van der Waals surface area (Å²) in [6.07, 6.45) is 1.99. The zero-order chi connectivity index (χ0) is 17.0. The largest absolute Gasteiger partial charge is 0.452 e. The molecule has 1 fully saturated rings. The lowest BCUT2D eigenvalue weighted by molar-refractivity contribution is -0.385. The Balaban J connectivity index is 2.00. The summed E-state index contributed by atoms with van der Waals surface area (Å²) in [6.45, 7) is 2.91. The minimum atomic E-state index is -0.910. The average Bonchev–Trinajstić information content (AvgIpc) is 2.52. The van der Waals surface area contributed by atoms with E-state index in [1.807, 2.05) is 0 Å². The van der Waals surface area contributed by atoms with Gasteiger partial charge in [0, 0.05) is 24.2 Å². The number of benzene rings is 1. The third kappa shape index (κ3) is 4.41. The number of nitrogens with zero attached hydrogens (tertiary/aromatic N) is 2. The van der Waals surface area contributed by atoms with Gasteiger partial charge in [0.25, 0.3) is 11.6 Å². The molecular weight excluding hydrogens is 324 g/mol. The number of hydrogen-bond acceptors (Lipinski definition) is 5. The number of carbonyl (C=O) groups excluding carboxylic acids is 2. The SMILES string of the molecule is C[C@@H]1CCCN(C(=O)COC(=O)c2ccc(Cl)cc2[N+](=O)[O-])C1. The Labute approximate surface area is 138 Å². The molecule has 1 aliphatic heterocycles. The number of hydrogen-bond donors (Lipinski definition) is 0. The summed E-state index contributed by atoms with van der Waals surface area (Å²) < 4.78 is 4.93. The van der Waals surface area contributed by atoms with Gasteiger partial charge in [-0.2, -0.15) is 0 Å². The van der Waals surface area contributed by atoms with Crippen molar-refractivity contribution in [2.75, 3.05) is 19.7 Å². The normalized spacial score (nSPS) is 17.7. The number of nitro groups is 1. The van der Waals surface area contributed by atoms with Gasteiger partial charge in [-0.05, 0) is 30.9 Å². The van der Waals surface area contributed by atoms with Crippen LogP contribution in [0.3, 0.4) is 0 Å². The molecule has 1 aromatic rings. The van der Waals surface area contributed by atoms with E-state index in [-0.39, 0.29) is 16.5 Å². The molecule has 0 saturated carbocycles. The van der Waals surface area contributed by atoms with E-state index in [0.717, 1.165) is 18.9 Å². The lowest BCUT2D eigenvalue weighted by Crippen LogP contribution is -2.41. The fourth-order valence-corrected chi connectivity index (χ4v) is 2.71. The molecule has 124 valence electrons. The third-order valence-corrected chi connectivity index (χ3v) is 3.95. The predicted octanol–water partition coefficient (Wildman–Crippen LogP) is 2.66. The minimum absolute atomic E-state index is 0.145. The monoisotopic (exact) mass is 340 g/mol. The number of likely N-dealkylation sites (tertiary alicyclic amines) is 1. The van der Waals surface area contributed by atoms with Gasteiger partial charge >= 0.3 is 5.97 Å². The van der Waals surface area contributed by atoms with Gasteiger partial charge in [0.05, 0.1) is 4.92 Å². The fourth-order valence-electron chi connectivity index (χ4n) is 2.54. The quantitative estimate of drug-likeness (QED) is 0.477. The first-order chi connectivity index (χ1) is 10.9. The molecule has 8 heteroatoms. The van der Waals surface area contributed by atoms with Crippen molar-refractivity contribution in [1.29, 1.82) is 0 Å². The molecular formula is C15H17ClN2O5. The number of nitro benzene ring substituents is 1. The zero-order valence-electron chi connectivity index (χ0n) is 12.7. The first-order valence-electron chi connectivity index (χ1n) is 7.27. The van der Waals surface area contributed by atoms with Crippen LogP contribution in [0.4, 0.5) is 5.69 Å². The molecule has 23 heavy (non-hydrogen) atoms. The van der Waals surface area contributed by atoms with Gasteiger partial charge in [-0.25, -0.2) is 4.79 Å². The predicted molar refractivity (Wildman–Crippen MR) is 83.4 cm³/mol. The average molecular weight is 341 g/mol. The van der Waals surface area contributed by atoms with Crippen LogP contribution in [0.2, 0.25) is 5.02 Å². The van der Waals surface area contributed by atoms with E-state index < -0.39 is 23.2 Å². The van der Waals surface area contributed by atoms with Crippen LogP contribution in [-0.2, 0) is 9.53 Å². The second kappa shape index (κ2) is 7.41. The molecule has 0 aromatic heterocycles. The molecule has 1 atom stereocenters. The van der Waals surface area contributed by atoms with E-state index in [2.05, 4.69) is 6.92 Å². The van der Waals surface area contributed by atoms with E-state index in [9.17, 15) is 19.7 Å². The van der Waals surface area contributed by atoms with E-state index in [1.165, 1.54) is 12.1 Å². The number of halogens is 1. The first kappa shape index (κ1) is 17.2. The molecule has 0 bridgehead atoms. The highest BCUT2D eigenvalue weighted by molar-refractivity contribution is 6.31. The van der Waals surface area contributed by atoms with Gasteiger partial charge in [0.15, 0.2) is 6.61 Å². The molecule has 0 N–H and O–H groups in total. The van der Waals surface area contributed by atoms with E-state index in [1.54, 1.807) is 4.90 Å². The highest BCUT2D eigenvalue weighted by Crippen LogP contribution is 2.24. The van der Waals surface area contributed by atoms with Crippen molar-refractivity contribution in [3.05, 3.63) is 38.9 Å². The number of rotatable bonds is 4. The Kier molecular flexibility index (Phi) is 5.54. The van der Waals surface area contributed by atoms with Crippen LogP contribution in [0.15, 0.2) is 18.2 Å². The number of esters is 1. The maximum atomic E-state index is 12.0. The van der Waals surface area contributed by atoms with Crippen LogP contribution in [-0.4, -0.2) is 41.4 Å². The Morgan fingerprint density at radius 2 is 2.22 bits per heavy atom. The maximum Gasteiger partial charge on any atom is 0.345 e. The van der Waals surface area contributed by atoms with E-state index in [4.69, 9.17) is 16.3 Å². The molecule has 1 heterocycles. The number of ether oxygens (including phenoxy) is 1. The molecule has 1 aromatic carbocycles. The molecule has 2 rings (SSSR count). The van der Waals surface area contributed by atoms with Crippen LogP contribution >= 0.6 is 11.6 Å². The molecule has 0 aliphatic carbocycles. The number of piperidine rings is 1. The van der Waals surface area contributed by atoms with Gasteiger partial charge in [-0.15, -0.1) is 0 Å². The van der Waals surface area contributed by atoms with Gasteiger partial charge in [-0.1, -0.05) is 18.5 Å². The molecule has 7 nitrogen and oxygen atoms in total. The maximum absolute atomic E-state index is 12.0. The summed E-state index contributed by atoms with van der Waals surface area (Å²) in [7, 11) is 0. The lowest BCUT2D eigenvalue weighted by Gasteiger charge is -2.30. The summed E-state index contributed by atoms with van der Waals surface area (Å²) in [5.41, 5.74) is -0.666. The summed E-state index contributed by atoms with van der Waals surface area (Å²) >= 11 is 5.69. The van der Waals surface area contributed by atoms with Crippen molar-refractivity contribution >= 4 is 29.2 Å². The topological polar surface area (TPSA) is 89.8 Å². The van der Waals surface area contributed by atoms with Crippen molar-refractivity contribution in [2.24, 2.45) is 5.92 Å².